The number of halogens is 1. The molecule has 2 aromatic heterocycles. The molecule has 1 saturated heterocycles. The molecule has 6 heteroatoms. The third-order valence-electron chi connectivity index (χ3n) is 3.95. The van der Waals surface area contributed by atoms with Gasteiger partial charge < -0.3 is 4.57 Å². The standard InChI is InChI=1S/C14H20ClN5/c1-11-14(15)13(18-17-11)9-19-5-2-3-12(7-19)8-20-6-4-16-10-20/h4,6,10,12H,2-3,5,7-9H2,1H3,(H,17,18). The molecule has 2 aromatic rings. The maximum absolute atomic E-state index is 6.25. The van der Waals surface area contributed by atoms with Gasteiger partial charge in [-0.05, 0) is 32.2 Å². The highest BCUT2D eigenvalue weighted by Crippen LogP contribution is 2.23. The first-order valence-corrected chi connectivity index (χ1v) is 7.47. The zero-order chi connectivity index (χ0) is 13.9. The van der Waals surface area contributed by atoms with Crippen molar-refractivity contribution in [2.24, 2.45) is 5.92 Å². The molecule has 1 aliphatic heterocycles. The highest BCUT2D eigenvalue weighted by molar-refractivity contribution is 6.31. The van der Waals surface area contributed by atoms with Crippen LogP contribution in [0.3, 0.4) is 0 Å². The average Bonchev–Trinajstić information content (AvgIpc) is 3.05. The van der Waals surface area contributed by atoms with Crippen molar-refractivity contribution in [3.05, 3.63) is 35.1 Å². The molecular weight excluding hydrogens is 274 g/mol. The molecule has 108 valence electrons. The highest BCUT2D eigenvalue weighted by Gasteiger charge is 2.22. The normalized spacial score (nSPS) is 20.4. The van der Waals surface area contributed by atoms with Crippen molar-refractivity contribution in [2.75, 3.05) is 13.1 Å². The summed E-state index contributed by atoms with van der Waals surface area (Å²) < 4.78 is 2.17. The van der Waals surface area contributed by atoms with Gasteiger partial charge >= 0.3 is 0 Å². The SMILES string of the molecule is Cc1[nH]nc(CN2CCCC(Cn3ccnc3)C2)c1Cl. The first-order chi connectivity index (χ1) is 9.72. The Hall–Kier alpha value is -1.33. The Labute approximate surface area is 124 Å². The molecule has 5 nitrogen and oxygen atoms in total. The van der Waals surface area contributed by atoms with Gasteiger partial charge in [-0.1, -0.05) is 11.6 Å². The molecule has 1 unspecified atom stereocenters. The fourth-order valence-electron chi connectivity index (χ4n) is 2.92. The van der Waals surface area contributed by atoms with Crippen molar-refractivity contribution in [1.82, 2.24) is 24.6 Å². The van der Waals surface area contributed by atoms with Crippen LogP contribution in [0.5, 0.6) is 0 Å². The Balaban J connectivity index is 1.59. The summed E-state index contributed by atoms with van der Waals surface area (Å²) in [6.07, 6.45) is 8.29. The first-order valence-electron chi connectivity index (χ1n) is 7.10. The maximum Gasteiger partial charge on any atom is 0.0951 e. The largest absolute Gasteiger partial charge is 0.337 e. The van der Waals surface area contributed by atoms with E-state index in [1.807, 2.05) is 25.6 Å². The van der Waals surface area contributed by atoms with Gasteiger partial charge in [-0.2, -0.15) is 5.10 Å². The van der Waals surface area contributed by atoms with Gasteiger partial charge in [0.15, 0.2) is 0 Å². The number of H-pyrrole nitrogens is 1. The van der Waals surface area contributed by atoms with Crippen LogP contribution in [0.15, 0.2) is 18.7 Å². The molecule has 0 radical (unpaired) electrons. The molecule has 0 amide bonds. The molecule has 3 heterocycles. The number of hydrogen-bond acceptors (Lipinski definition) is 3. The number of aromatic nitrogens is 4. The van der Waals surface area contributed by atoms with Crippen molar-refractivity contribution in [3.63, 3.8) is 0 Å². The summed E-state index contributed by atoms with van der Waals surface area (Å²) in [5.41, 5.74) is 1.92. The van der Waals surface area contributed by atoms with Crippen LogP contribution >= 0.6 is 11.6 Å². The van der Waals surface area contributed by atoms with Crippen molar-refractivity contribution in [3.8, 4) is 0 Å². The van der Waals surface area contributed by atoms with Gasteiger partial charge in [0.2, 0.25) is 0 Å². The fraction of sp³-hybridized carbons (Fsp3) is 0.571. The van der Waals surface area contributed by atoms with Gasteiger partial charge in [0.05, 0.1) is 22.7 Å². The monoisotopic (exact) mass is 293 g/mol. The third kappa shape index (κ3) is 3.04. The van der Waals surface area contributed by atoms with E-state index in [1.165, 1.54) is 12.8 Å². The predicted octanol–water partition coefficient (Wildman–Crippen LogP) is 2.48. The summed E-state index contributed by atoms with van der Waals surface area (Å²) in [7, 11) is 0. The Kier molecular flexibility index (Phi) is 4.08. The van der Waals surface area contributed by atoms with Crippen molar-refractivity contribution in [1.29, 1.82) is 0 Å². The molecule has 20 heavy (non-hydrogen) atoms. The molecule has 0 bridgehead atoms. The second-order valence-electron chi connectivity index (χ2n) is 5.61. The molecule has 1 fully saturated rings. The van der Waals surface area contributed by atoms with E-state index in [9.17, 15) is 0 Å². The number of likely N-dealkylation sites (tertiary alicyclic amines) is 1. The number of imidazole rings is 1. The van der Waals surface area contributed by atoms with Crippen LogP contribution in [0.25, 0.3) is 0 Å². The van der Waals surface area contributed by atoms with Gasteiger partial charge in [-0.25, -0.2) is 4.98 Å². The van der Waals surface area contributed by atoms with Gasteiger partial charge in [-0.15, -0.1) is 0 Å². The van der Waals surface area contributed by atoms with Crippen LogP contribution in [0.4, 0.5) is 0 Å². The van der Waals surface area contributed by atoms with E-state index in [4.69, 9.17) is 11.6 Å². The van der Waals surface area contributed by atoms with Crippen molar-refractivity contribution < 1.29 is 0 Å². The molecule has 0 spiro atoms. The van der Waals surface area contributed by atoms with E-state index in [1.54, 1.807) is 0 Å². The van der Waals surface area contributed by atoms with Crippen LogP contribution in [-0.4, -0.2) is 37.7 Å². The summed E-state index contributed by atoms with van der Waals surface area (Å²) in [4.78, 5) is 6.56. The Bertz CT molecular complexity index is 548. The fourth-order valence-corrected chi connectivity index (χ4v) is 3.06. The third-order valence-corrected chi connectivity index (χ3v) is 4.45. The second-order valence-corrected chi connectivity index (χ2v) is 5.99. The lowest BCUT2D eigenvalue weighted by molar-refractivity contribution is 0.154. The number of aromatic amines is 1. The molecule has 0 saturated carbocycles. The molecule has 1 N–H and O–H groups in total. The highest BCUT2D eigenvalue weighted by atomic mass is 35.5. The topological polar surface area (TPSA) is 49.7 Å². The minimum absolute atomic E-state index is 0.678. The van der Waals surface area contributed by atoms with E-state index in [-0.39, 0.29) is 0 Å². The Morgan fingerprint density at radius 3 is 3.10 bits per heavy atom. The zero-order valence-electron chi connectivity index (χ0n) is 11.7. The van der Waals surface area contributed by atoms with Gasteiger partial charge in [0.25, 0.3) is 0 Å². The van der Waals surface area contributed by atoms with Crippen LogP contribution < -0.4 is 0 Å². The quantitative estimate of drug-likeness (QED) is 0.942. The Morgan fingerprint density at radius 1 is 1.50 bits per heavy atom. The number of rotatable bonds is 4. The Morgan fingerprint density at radius 2 is 2.40 bits per heavy atom. The van der Waals surface area contributed by atoms with E-state index in [0.717, 1.165) is 42.6 Å². The lowest BCUT2D eigenvalue weighted by Crippen LogP contribution is -2.36. The minimum Gasteiger partial charge on any atom is -0.337 e. The summed E-state index contributed by atoms with van der Waals surface area (Å²) in [6.45, 7) is 6.06. The lowest BCUT2D eigenvalue weighted by Gasteiger charge is -2.32. The van der Waals surface area contributed by atoms with E-state index in [0.29, 0.717) is 5.92 Å². The van der Waals surface area contributed by atoms with E-state index >= 15 is 0 Å². The predicted molar refractivity (Wildman–Crippen MR) is 78.6 cm³/mol. The summed E-state index contributed by atoms with van der Waals surface area (Å²) in [5.74, 6) is 0.678. The summed E-state index contributed by atoms with van der Waals surface area (Å²) in [6, 6.07) is 0. The van der Waals surface area contributed by atoms with Gasteiger partial charge in [0.1, 0.15) is 0 Å². The summed E-state index contributed by atoms with van der Waals surface area (Å²) >= 11 is 6.25. The van der Waals surface area contributed by atoms with E-state index < -0.39 is 0 Å². The summed E-state index contributed by atoms with van der Waals surface area (Å²) in [5, 5.41) is 8.03. The first kappa shape index (κ1) is 13.6. The molecule has 1 atom stereocenters. The number of piperidine rings is 1. The van der Waals surface area contributed by atoms with Crippen LogP contribution in [0.2, 0.25) is 5.02 Å². The van der Waals surface area contributed by atoms with Gasteiger partial charge in [-0.3, -0.25) is 10.00 Å². The van der Waals surface area contributed by atoms with Crippen molar-refractivity contribution in [2.45, 2.75) is 32.9 Å². The second kappa shape index (κ2) is 5.97. The van der Waals surface area contributed by atoms with Crippen LogP contribution in [0, 0.1) is 12.8 Å². The number of nitrogens with zero attached hydrogens (tertiary/aromatic N) is 4. The number of nitrogens with one attached hydrogen (secondary N) is 1. The van der Waals surface area contributed by atoms with E-state index in [2.05, 4.69) is 24.6 Å². The average molecular weight is 294 g/mol. The van der Waals surface area contributed by atoms with Gasteiger partial charge in [0, 0.05) is 32.0 Å². The van der Waals surface area contributed by atoms with Crippen LogP contribution in [0.1, 0.15) is 24.2 Å². The molecule has 3 rings (SSSR count). The minimum atomic E-state index is 0.678. The molecular formula is C14H20ClN5. The maximum atomic E-state index is 6.25. The molecule has 0 aromatic carbocycles. The number of hydrogen-bond donors (Lipinski definition) is 1. The molecule has 0 aliphatic carbocycles. The smallest absolute Gasteiger partial charge is 0.0951 e. The number of aryl methyl sites for hydroxylation is 1. The van der Waals surface area contributed by atoms with Crippen molar-refractivity contribution >= 4 is 11.6 Å². The van der Waals surface area contributed by atoms with Crippen LogP contribution in [-0.2, 0) is 13.1 Å². The lowest BCUT2D eigenvalue weighted by atomic mass is 9.98. The molecule has 1 aliphatic rings. The zero-order valence-corrected chi connectivity index (χ0v) is 12.5.